The Morgan fingerprint density at radius 2 is 1.79 bits per heavy atom. The van der Waals surface area contributed by atoms with Crippen molar-refractivity contribution in [2.45, 2.75) is 13.5 Å². The minimum absolute atomic E-state index is 0.370. The Labute approximate surface area is 188 Å². The normalized spacial score (nSPS) is 11.9. The molecule has 160 valence electrons. The molecule has 0 saturated heterocycles. The van der Waals surface area contributed by atoms with Gasteiger partial charge in [-0.05, 0) is 30.2 Å². The third kappa shape index (κ3) is 3.03. The summed E-state index contributed by atoms with van der Waals surface area (Å²) in [6.45, 7) is 2.53. The van der Waals surface area contributed by atoms with Crippen LogP contribution in [0.2, 0.25) is 0 Å². The number of rotatable bonds is 4. The second-order valence-corrected chi connectivity index (χ2v) is 7.96. The van der Waals surface area contributed by atoms with Crippen LogP contribution >= 0.6 is 0 Å². The fraction of sp³-hybridized carbons (Fsp3) is 0.0800. The second kappa shape index (κ2) is 7.23. The van der Waals surface area contributed by atoms with E-state index in [9.17, 15) is 4.79 Å². The minimum Gasteiger partial charge on any atom is -0.366 e. The van der Waals surface area contributed by atoms with Gasteiger partial charge in [-0.15, -0.1) is 10.2 Å². The van der Waals surface area contributed by atoms with Crippen LogP contribution in [-0.2, 0) is 6.54 Å². The van der Waals surface area contributed by atoms with Gasteiger partial charge in [-0.25, -0.2) is 0 Å². The predicted octanol–water partition coefficient (Wildman–Crippen LogP) is 4.10. The van der Waals surface area contributed by atoms with Crippen molar-refractivity contribution in [3.8, 4) is 45.2 Å². The molecule has 0 radical (unpaired) electrons. The third-order valence-electron chi connectivity index (χ3n) is 5.92. The van der Waals surface area contributed by atoms with Gasteiger partial charge < -0.3 is 14.8 Å². The summed E-state index contributed by atoms with van der Waals surface area (Å²) in [5.74, 6) is 1.68. The van der Waals surface area contributed by atoms with Gasteiger partial charge in [0, 0.05) is 29.1 Å². The smallest absolute Gasteiger partial charge is 0.250 e. The number of nitrogens with zero attached hydrogens (tertiary/aromatic N) is 5. The largest absolute Gasteiger partial charge is 0.366 e. The number of aryl methyl sites for hydroxylation is 1. The Hall–Kier alpha value is -4.59. The molecular formula is C25H18N6O2. The molecule has 5 aromatic rings. The van der Waals surface area contributed by atoms with E-state index in [0.29, 0.717) is 17.9 Å². The molecule has 6 rings (SSSR count). The quantitative estimate of drug-likeness (QED) is 0.447. The van der Waals surface area contributed by atoms with E-state index in [1.807, 2.05) is 49.4 Å². The molecule has 0 saturated carbocycles. The first-order valence-corrected chi connectivity index (χ1v) is 10.4. The fourth-order valence-corrected chi connectivity index (χ4v) is 4.27. The molecule has 0 spiro atoms. The standard InChI is InChI=1S/C25H18N6O2/c1-14-21(22(30-33-14)15-5-3-2-4-6-15)25-29-28-24-20-10-16(7-8-17(20)13-31(24)25)18-9-19(23(26)32)12-27-11-18/h2-12H,13H2,1H3,(H2,26,32). The van der Waals surface area contributed by atoms with Crippen molar-refractivity contribution >= 4 is 5.91 Å². The zero-order chi connectivity index (χ0) is 22.5. The molecule has 1 aliphatic heterocycles. The van der Waals surface area contributed by atoms with Crippen molar-refractivity contribution in [2.24, 2.45) is 5.73 Å². The van der Waals surface area contributed by atoms with Crippen LogP contribution in [0.1, 0.15) is 21.7 Å². The average Bonchev–Trinajstić information content (AvgIpc) is 3.52. The van der Waals surface area contributed by atoms with Crippen LogP contribution in [0.3, 0.4) is 0 Å². The van der Waals surface area contributed by atoms with Crippen LogP contribution in [0, 0.1) is 6.92 Å². The topological polar surface area (TPSA) is 113 Å². The zero-order valence-corrected chi connectivity index (χ0v) is 17.7. The summed E-state index contributed by atoms with van der Waals surface area (Å²) >= 11 is 0. The number of hydrogen-bond donors (Lipinski definition) is 1. The Morgan fingerprint density at radius 3 is 2.61 bits per heavy atom. The molecule has 8 heteroatoms. The first-order valence-electron chi connectivity index (χ1n) is 10.4. The Balaban J connectivity index is 1.44. The number of nitrogens with two attached hydrogens (primary N) is 1. The summed E-state index contributed by atoms with van der Waals surface area (Å²) in [4.78, 5) is 15.7. The maximum atomic E-state index is 11.6. The molecule has 1 aliphatic rings. The van der Waals surface area contributed by atoms with Gasteiger partial charge in [0.1, 0.15) is 11.5 Å². The Bertz CT molecular complexity index is 1530. The SMILES string of the molecule is Cc1onc(-c2ccccc2)c1-c1nnc2n1Cc1ccc(-c3cncc(C(N)=O)c3)cc1-2. The van der Waals surface area contributed by atoms with E-state index >= 15 is 0 Å². The molecule has 1 amide bonds. The minimum atomic E-state index is -0.506. The molecule has 0 bridgehead atoms. The fourth-order valence-electron chi connectivity index (χ4n) is 4.27. The molecule has 0 aliphatic carbocycles. The first-order chi connectivity index (χ1) is 16.1. The van der Waals surface area contributed by atoms with Crippen LogP contribution in [-0.4, -0.2) is 30.8 Å². The lowest BCUT2D eigenvalue weighted by atomic mass is 10.0. The zero-order valence-electron chi connectivity index (χ0n) is 17.7. The number of aromatic nitrogens is 5. The van der Waals surface area contributed by atoms with Crippen LogP contribution in [0.4, 0.5) is 0 Å². The van der Waals surface area contributed by atoms with Crippen molar-refractivity contribution in [3.05, 3.63) is 83.9 Å². The Morgan fingerprint density at radius 1 is 0.970 bits per heavy atom. The van der Waals surface area contributed by atoms with Gasteiger partial charge in [0.2, 0.25) is 5.91 Å². The maximum Gasteiger partial charge on any atom is 0.250 e. The monoisotopic (exact) mass is 434 g/mol. The van der Waals surface area contributed by atoms with E-state index in [1.54, 1.807) is 12.3 Å². The van der Waals surface area contributed by atoms with E-state index in [0.717, 1.165) is 50.7 Å². The van der Waals surface area contributed by atoms with E-state index < -0.39 is 5.91 Å². The van der Waals surface area contributed by atoms with E-state index in [-0.39, 0.29) is 0 Å². The number of primary amides is 1. The summed E-state index contributed by atoms with van der Waals surface area (Å²) in [5, 5.41) is 13.3. The summed E-state index contributed by atoms with van der Waals surface area (Å²) < 4.78 is 7.62. The number of benzene rings is 2. The molecule has 4 heterocycles. The molecule has 8 nitrogen and oxygen atoms in total. The van der Waals surface area contributed by atoms with Gasteiger partial charge in [0.25, 0.3) is 0 Å². The highest BCUT2D eigenvalue weighted by molar-refractivity contribution is 5.93. The predicted molar refractivity (Wildman–Crippen MR) is 122 cm³/mol. The number of carbonyl (C=O) groups is 1. The molecule has 0 fully saturated rings. The lowest BCUT2D eigenvalue weighted by molar-refractivity contribution is 0.1000. The molecular weight excluding hydrogens is 416 g/mol. The highest BCUT2D eigenvalue weighted by atomic mass is 16.5. The summed E-state index contributed by atoms with van der Waals surface area (Å²) in [6.07, 6.45) is 3.18. The highest BCUT2D eigenvalue weighted by Crippen LogP contribution is 2.40. The van der Waals surface area contributed by atoms with Crippen molar-refractivity contribution < 1.29 is 9.32 Å². The number of fused-ring (bicyclic) bond motifs is 3. The van der Waals surface area contributed by atoms with Crippen molar-refractivity contribution in [2.75, 3.05) is 0 Å². The van der Waals surface area contributed by atoms with Crippen molar-refractivity contribution in [1.82, 2.24) is 24.9 Å². The van der Waals surface area contributed by atoms with Gasteiger partial charge >= 0.3 is 0 Å². The lowest BCUT2D eigenvalue weighted by Gasteiger charge is -2.05. The molecule has 2 N–H and O–H groups in total. The number of pyridine rings is 1. The summed E-state index contributed by atoms with van der Waals surface area (Å²) in [5.41, 5.74) is 12.2. The molecule has 0 atom stereocenters. The molecule has 2 aromatic carbocycles. The molecule has 33 heavy (non-hydrogen) atoms. The van der Waals surface area contributed by atoms with Crippen LogP contribution in [0.5, 0.6) is 0 Å². The van der Waals surface area contributed by atoms with Gasteiger partial charge in [0.15, 0.2) is 11.6 Å². The third-order valence-corrected chi connectivity index (χ3v) is 5.92. The number of carbonyl (C=O) groups excluding carboxylic acids is 1. The van der Waals surface area contributed by atoms with Crippen LogP contribution in [0.15, 0.2) is 71.5 Å². The maximum absolute atomic E-state index is 11.6. The summed E-state index contributed by atoms with van der Waals surface area (Å²) in [7, 11) is 0. The van der Waals surface area contributed by atoms with Crippen molar-refractivity contribution in [1.29, 1.82) is 0 Å². The van der Waals surface area contributed by atoms with E-state index in [4.69, 9.17) is 10.3 Å². The lowest BCUT2D eigenvalue weighted by Crippen LogP contribution is -2.11. The molecule has 0 unspecified atom stereocenters. The Kier molecular flexibility index (Phi) is 4.19. The van der Waals surface area contributed by atoms with E-state index in [2.05, 4.69) is 31.0 Å². The average molecular weight is 434 g/mol. The van der Waals surface area contributed by atoms with Gasteiger partial charge in [0.05, 0.1) is 17.7 Å². The summed E-state index contributed by atoms with van der Waals surface area (Å²) in [6, 6.07) is 17.8. The van der Waals surface area contributed by atoms with Gasteiger partial charge in [-0.3, -0.25) is 9.78 Å². The number of amides is 1. The second-order valence-electron chi connectivity index (χ2n) is 7.96. The van der Waals surface area contributed by atoms with Gasteiger partial charge in [-0.1, -0.05) is 47.6 Å². The molecule has 3 aromatic heterocycles. The van der Waals surface area contributed by atoms with E-state index in [1.165, 1.54) is 6.20 Å². The highest BCUT2D eigenvalue weighted by Gasteiger charge is 2.29. The van der Waals surface area contributed by atoms with Crippen LogP contribution in [0.25, 0.3) is 45.2 Å². The first kappa shape index (κ1) is 19.1. The van der Waals surface area contributed by atoms with Gasteiger partial charge in [-0.2, -0.15) is 0 Å². The van der Waals surface area contributed by atoms with Crippen LogP contribution < -0.4 is 5.73 Å². The van der Waals surface area contributed by atoms with Crippen molar-refractivity contribution in [3.63, 3.8) is 0 Å². The number of hydrogen-bond acceptors (Lipinski definition) is 6.